The molecule has 0 unspecified atom stereocenters. The lowest BCUT2D eigenvalue weighted by atomic mass is 10.1. The number of aromatic nitrogens is 1. The van der Waals surface area contributed by atoms with E-state index in [-0.39, 0.29) is 6.42 Å². The number of hydrogen-bond donors (Lipinski definition) is 1. The van der Waals surface area contributed by atoms with E-state index in [9.17, 15) is 22.4 Å². The molecule has 0 aliphatic heterocycles. The van der Waals surface area contributed by atoms with Crippen LogP contribution in [0, 0.1) is 26.6 Å². The normalized spacial score (nSPS) is 11.6. The Bertz CT molecular complexity index is 1270. The minimum Gasteiger partial charge on any atom is -0.481 e. The van der Waals surface area contributed by atoms with Gasteiger partial charge < -0.3 is 5.11 Å². The van der Waals surface area contributed by atoms with Crippen LogP contribution < -0.4 is 0 Å². The minimum atomic E-state index is -4.74. The maximum atomic E-state index is 14.0. The predicted molar refractivity (Wildman–Crippen MR) is 135 cm³/mol. The monoisotopic (exact) mass is 541 g/mol. The van der Waals surface area contributed by atoms with E-state index in [1.807, 2.05) is 32.9 Å². The standard InChI is InChI=1S/C25H23F4NO2S3/c1-13-5-9-20(15(3)23(13)34-14(2)6-10-22(31)32)33-12-21-16(4)30-24(35-21)17-7-8-18(19(26)11-17)25(27,28)29/h5,7-9,11H,2,6,10,12H2,1,3-4H3,(H,31,32). The van der Waals surface area contributed by atoms with Crippen molar-refractivity contribution in [3.63, 3.8) is 0 Å². The number of thiazole rings is 1. The number of hydrogen-bond acceptors (Lipinski definition) is 5. The van der Waals surface area contributed by atoms with Gasteiger partial charge in [-0.25, -0.2) is 9.37 Å². The Hall–Kier alpha value is -2.30. The lowest BCUT2D eigenvalue weighted by molar-refractivity contribution is -0.140. The second-order valence-electron chi connectivity index (χ2n) is 7.88. The van der Waals surface area contributed by atoms with E-state index < -0.39 is 23.5 Å². The van der Waals surface area contributed by atoms with Crippen LogP contribution in [0.1, 0.15) is 40.1 Å². The highest BCUT2D eigenvalue weighted by Gasteiger charge is 2.34. The molecule has 0 saturated carbocycles. The first kappa shape index (κ1) is 27.3. The van der Waals surface area contributed by atoms with E-state index in [4.69, 9.17) is 5.11 Å². The summed E-state index contributed by atoms with van der Waals surface area (Å²) in [7, 11) is 0. The van der Waals surface area contributed by atoms with Crippen molar-refractivity contribution in [2.45, 2.75) is 55.3 Å². The summed E-state index contributed by atoms with van der Waals surface area (Å²) in [5.74, 6) is -1.58. The zero-order chi connectivity index (χ0) is 25.9. The van der Waals surface area contributed by atoms with Gasteiger partial charge in [0.2, 0.25) is 0 Å². The Balaban J connectivity index is 1.76. The van der Waals surface area contributed by atoms with Crippen LogP contribution in [0.25, 0.3) is 10.6 Å². The van der Waals surface area contributed by atoms with Crippen LogP contribution in [0.4, 0.5) is 17.6 Å². The second kappa shape index (κ2) is 11.2. The maximum absolute atomic E-state index is 14.0. The van der Waals surface area contributed by atoms with Crippen molar-refractivity contribution in [1.82, 2.24) is 4.98 Å². The summed E-state index contributed by atoms with van der Waals surface area (Å²) in [6.45, 7) is 9.83. The van der Waals surface area contributed by atoms with Gasteiger partial charge in [-0.15, -0.1) is 23.1 Å². The van der Waals surface area contributed by atoms with Crippen LogP contribution in [0.15, 0.2) is 51.6 Å². The number of carbonyl (C=O) groups is 1. The third-order valence-electron chi connectivity index (χ3n) is 5.19. The minimum absolute atomic E-state index is 0.0359. The summed E-state index contributed by atoms with van der Waals surface area (Å²) < 4.78 is 52.6. The number of carboxylic acid groups (broad SMARTS) is 1. The molecular weight excluding hydrogens is 518 g/mol. The summed E-state index contributed by atoms with van der Waals surface area (Å²) in [6, 6.07) is 6.91. The Morgan fingerprint density at radius 2 is 1.86 bits per heavy atom. The van der Waals surface area contributed by atoms with Gasteiger partial charge in [0.05, 0.1) is 11.3 Å². The van der Waals surface area contributed by atoms with Crippen molar-refractivity contribution in [2.75, 3.05) is 0 Å². The molecule has 0 bridgehead atoms. The third-order valence-corrected chi connectivity index (χ3v) is 9.09. The molecule has 3 rings (SSSR count). The molecular formula is C25H23F4NO2S3. The highest BCUT2D eigenvalue weighted by molar-refractivity contribution is 8.03. The van der Waals surface area contributed by atoms with Crippen LogP contribution in [0.3, 0.4) is 0 Å². The lowest BCUT2D eigenvalue weighted by Crippen LogP contribution is -2.07. The molecule has 3 nitrogen and oxygen atoms in total. The molecule has 0 saturated heterocycles. The van der Waals surface area contributed by atoms with E-state index in [1.165, 1.54) is 29.2 Å². The first-order valence-electron chi connectivity index (χ1n) is 10.5. The number of rotatable bonds is 9. The van der Waals surface area contributed by atoms with Gasteiger partial charge in [0.25, 0.3) is 0 Å². The SMILES string of the molecule is C=C(CCC(=O)O)Sc1c(C)ccc(SCc2sc(-c3ccc(C(F)(F)F)c(F)c3)nc2C)c1C. The van der Waals surface area contributed by atoms with Crippen LogP contribution in [0.5, 0.6) is 0 Å². The molecule has 1 aromatic heterocycles. The van der Waals surface area contributed by atoms with Crippen molar-refractivity contribution in [3.05, 3.63) is 74.9 Å². The van der Waals surface area contributed by atoms with E-state index >= 15 is 0 Å². The first-order valence-corrected chi connectivity index (χ1v) is 13.1. The summed E-state index contributed by atoms with van der Waals surface area (Å²) in [5, 5.41) is 9.36. The van der Waals surface area contributed by atoms with Crippen molar-refractivity contribution < 1.29 is 27.5 Å². The lowest BCUT2D eigenvalue weighted by Gasteiger charge is -2.14. The van der Waals surface area contributed by atoms with Gasteiger partial charge in [-0.05, 0) is 61.4 Å². The highest BCUT2D eigenvalue weighted by atomic mass is 32.2. The average Bonchev–Trinajstić information content (AvgIpc) is 3.14. The van der Waals surface area contributed by atoms with E-state index in [0.717, 1.165) is 48.5 Å². The fraction of sp³-hybridized carbons (Fsp3) is 0.280. The Kier molecular flexibility index (Phi) is 8.72. The zero-order valence-electron chi connectivity index (χ0n) is 19.3. The van der Waals surface area contributed by atoms with E-state index in [2.05, 4.69) is 11.6 Å². The molecule has 0 aliphatic rings. The highest BCUT2D eigenvalue weighted by Crippen LogP contribution is 2.40. The summed E-state index contributed by atoms with van der Waals surface area (Å²) in [6.07, 6.45) is -4.31. The number of nitrogens with zero attached hydrogens (tertiary/aromatic N) is 1. The van der Waals surface area contributed by atoms with Gasteiger partial charge in [-0.3, -0.25) is 4.79 Å². The Morgan fingerprint density at radius 3 is 2.49 bits per heavy atom. The van der Waals surface area contributed by atoms with Crippen LogP contribution in [-0.4, -0.2) is 16.1 Å². The number of carboxylic acids is 1. The van der Waals surface area contributed by atoms with Crippen LogP contribution >= 0.6 is 34.9 Å². The van der Waals surface area contributed by atoms with Gasteiger partial charge >= 0.3 is 12.1 Å². The topological polar surface area (TPSA) is 50.2 Å². The van der Waals surface area contributed by atoms with Crippen LogP contribution in [0.2, 0.25) is 0 Å². The number of thioether (sulfide) groups is 2. The summed E-state index contributed by atoms with van der Waals surface area (Å²) in [4.78, 5) is 19.1. The molecule has 35 heavy (non-hydrogen) atoms. The van der Waals surface area contributed by atoms with Crippen molar-refractivity contribution in [1.29, 1.82) is 0 Å². The molecule has 0 fully saturated rings. The Labute approximate surface area is 213 Å². The molecule has 0 atom stereocenters. The maximum Gasteiger partial charge on any atom is 0.419 e. The fourth-order valence-electron chi connectivity index (χ4n) is 3.27. The second-order valence-corrected chi connectivity index (χ2v) is 11.2. The molecule has 0 aliphatic carbocycles. The number of benzene rings is 2. The molecule has 2 aromatic carbocycles. The van der Waals surface area contributed by atoms with Crippen molar-refractivity contribution >= 4 is 40.8 Å². The quantitative estimate of drug-likeness (QED) is 0.217. The van der Waals surface area contributed by atoms with Gasteiger partial charge in [-0.1, -0.05) is 30.5 Å². The van der Waals surface area contributed by atoms with Gasteiger partial charge in [0, 0.05) is 32.4 Å². The van der Waals surface area contributed by atoms with E-state index in [0.29, 0.717) is 22.7 Å². The molecule has 10 heteroatoms. The predicted octanol–water partition coefficient (Wildman–Crippen LogP) is 8.66. The number of allylic oxidation sites excluding steroid dienone is 1. The summed E-state index contributed by atoms with van der Waals surface area (Å²) in [5.41, 5.74) is 1.92. The van der Waals surface area contributed by atoms with Gasteiger partial charge in [0.1, 0.15) is 10.8 Å². The largest absolute Gasteiger partial charge is 0.481 e. The molecule has 0 spiro atoms. The molecule has 0 amide bonds. The zero-order valence-corrected chi connectivity index (χ0v) is 21.7. The van der Waals surface area contributed by atoms with Crippen molar-refractivity contribution in [3.8, 4) is 10.6 Å². The van der Waals surface area contributed by atoms with Gasteiger partial charge in [0.15, 0.2) is 0 Å². The number of aryl methyl sites for hydroxylation is 2. The number of alkyl halides is 3. The summed E-state index contributed by atoms with van der Waals surface area (Å²) >= 11 is 4.43. The molecule has 0 radical (unpaired) electrons. The number of aliphatic carboxylic acids is 1. The van der Waals surface area contributed by atoms with Crippen molar-refractivity contribution in [2.24, 2.45) is 0 Å². The molecule has 1 N–H and O–H groups in total. The smallest absolute Gasteiger partial charge is 0.419 e. The van der Waals surface area contributed by atoms with Crippen LogP contribution in [-0.2, 0) is 16.7 Å². The Morgan fingerprint density at radius 1 is 1.14 bits per heavy atom. The molecule has 1 heterocycles. The fourth-order valence-corrected chi connectivity index (χ4v) is 6.57. The van der Waals surface area contributed by atoms with Gasteiger partial charge in [-0.2, -0.15) is 13.2 Å². The molecule has 3 aromatic rings. The third kappa shape index (κ3) is 6.89. The number of halogens is 4. The molecule has 186 valence electrons. The first-order chi connectivity index (χ1) is 16.4. The van der Waals surface area contributed by atoms with E-state index in [1.54, 1.807) is 11.8 Å². The average molecular weight is 542 g/mol.